The molecule has 0 atom stereocenters. The number of hydrogen-bond acceptors (Lipinski definition) is 5. The van der Waals surface area contributed by atoms with E-state index < -0.39 is 0 Å². The lowest BCUT2D eigenvalue weighted by atomic mass is 9.89. The average Bonchev–Trinajstić information content (AvgIpc) is 2.37. The van der Waals surface area contributed by atoms with Crippen LogP contribution < -0.4 is 5.32 Å². The van der Waals surface area contributed by atoms with Crippen molar-refractivity contribution in [3.63, 3.8) is 0 Å². The summed E-state index contributed by atoms with van der Waals surface area (Å²) in [6.45, 7) is 12.7. The first-order valence-corrected chi connectivity index (χ1v) is 8.71. The maximum atomic E-state index is 5.93. The Kier molecular flexibility index (Phi) is 7.11. The second kappa shape index (κ2) is 8.59. The van der Waals surface area contributed by atoms with Crippen molar-refractivity contribution in [3.8, 4) is 0 Å². The van der Waals surface area contributed by atoms with Gasteiger partial charge >= 0.3 is 0 Å². The summed E-state index contributed by atoms with van der Waals surface area (Å²) in [6, 6.07) is 0.636. The van der Waals surface area contributed by atoms with Gasteiger partial charge in [0.05, 0.1) is 12.7 Å². The fourth-order valence-electron chi connectivity index (χ4n) is 3.06. The van der Waals surface area contributed by atoms with Crippen molar-refractivity contribution in [1.82, 2.24) is 15.1 Å². The highest BCUT2D eigenvalue weighted by atomic mass is 32.1. The molecule has 2 rings (SSSR count). The molecular weight excluding hydrogens is 270 g/mol. The van der Waals surface area contributed by atoms with Crippen LogP contribution in [-0.2, 0) is 4.74 Å². The Labute approximate surface area is 129 Å². The van der Waals surface area contributed by atoms with E-state index in [0.29, 0.717) is 12.1 Å². The Morgan fingerprint density at radius 3 is 2.40 bits per heavy atom. The summed E-state index contributed by atoms with van der Waals surface area (Å²) in [5.41, 5.74) is 0. The van der Waals surface area contributed by atoms with Gasteiger partial charge in [-0.3, -0.25) is 4.90 Å². The van der Waals surface area contributed by atoms with Gasteiger partial charge in [-0.05, 0) is 18.8 Å². The van der Waals surface area contributed by atoms with Crippen LogP contribution in [0.15, 0.2) is 0 Å². The highest BCUT2D eigenvalue weighted by Crippen LogP contribution is 2.23. The maximum Gasteiger partial charge on any atom is 0.0605 e. The van der Waals surface area contributed by atoms with Gasteiger partial charge in [-0.1, -0.05) is 13.8 Å². The van der Waals surface area contributed by atoms with Gasteiger partial charge in [0, 0.05) is 51.2 Å². The van der Waals surface area contributed by atoms with E-state index in [1.807, 2.05) is 0 Å². The van der Waals surface area contributed by atoms with Crippen LogP contribution in [0, 0.1) is 5.92 Å². The molecule has 0 spiro atoms. The number of ether oxygens (including phenoxy) is 1. The highest BCUT2D eigenvalue weighted by Gasteiger charge is 2.29. The summed E-state index contributed by atoms with van der Waals surface area (Å²) in [4.78, 5) is 5.13. The first-order chi connectivity index (χ1) is 9.67. The van der Waals surface area contributed by atoms with Crippen molar-refractivity contribution in [2.45, 2.75) is 38.8 Å². The van der Waals surface area contributed by atoms with Crippen LogP contribution in [0.1, 0.15) is 26.7 Å². The molecule has 2 aliphatic rings. The van der Waals surface area contributed by atoms with Gasteiger partial charge in [-0.2, -0.15) is 12.6 Å². The second-order valence-electron chi connectivity index (χ2n) is 6.56. The lowest BCUT2D eigenvalue weighted by Gasteiger charge is -2.37. The Balaban J connectivity index is 1.48. The Morgan fingerprint density at radius 2 is 1.80 bits per heavy atom. The molecule has 0 bridgehead atoms. The number of nitrogens with zero attached hydrogens (tertiary/aromatic N) is 2. The average molecular weight is 302 g/mol. The van der Waals surface area contributed by atoms with Crippen molar-refractivity contribution < 1.29 is 4.74 Å². The fourth-order valence-corrected chi connectivity index (χ4v) is 3.32. The molecule has 1 saturated carbocycles. The molecular formula is C15H31N3OS. The monoisotopic (exact) mass is 301 g/mol. The standard InChI is InChI=1S/C15H31N3OS/c1-13(2)11-18-5-3-17(4-6-18)7-8-19-15-9-14(10-15)16-12-20/h13-16,20H,3-12H2,1-2H3/t14-,15-. The van der Waals surface area contributed by atoms with Gasteiger partial charge in [-0.15, -0.1) is 0 Å². The first kappa shape index (κ1) is 16.6. The predicted molar refractivity (Wildman–Crippen MR) is 87.5 cm³/mol. The van der Waals surface area contributed by atoms with Crippen molar-refractivity contribution >= 4 is 12.6 Å². The molecule has 1 saturated heterocycles. The molecule has 0 aromatic carbocycles. The zero-order valence-corrected chi connectivity index (χ0v) is 13.9. The van der Waals surface area contributed by atoms with Crippen molar-refractivity contribution in [3.05, 3.63) is 0 Å². The smallest absolute Gasteiger partial charge is 0.0605 e. The molecule has 0 radical (unpaired) electrons. The lowest BCUT2D eigenvalue weighted by molar-refractivity contribution is -0.0269. The second-order valence-corrected chi connectivity index (χ2v) is 6.88. The molecule has 4 nitrogen and oxygen atoms in total. The summed E-state index contributed by atoms with van der Waals surface area (Å²) in [5, 5.41) is 3.34. The summed E-state index contributed by atoms with van der Waals surface area (Å²) < 4.78 is 5.93. The molecule has 0 aromatic heterocycles. The molecule has 0 unspecified atom stereocenters. The molecule has 118 valence electrons. The van der Waals surface area contributed by atoms with Crippen LogP contribution in [0.3, 0.4) is 0 Å². The normalized spacial score (nSPS) is 28.8. The van der Waals surface area contributed by atoms with Crippen LogP contribution in [-0.4, -0.2) is 73.7 Å². The molecule has 1 aliphatic carbocycles. The Morgan fingerprint density at radius 1 is 1.15 bits per heavy atom. The quantitative estimate of drug-likeness (QED) is 0.522. The molecule has 0 aromatic rings. The third-order valence-electron chi connectivity index (χ3n) is 4.32. The zero-order chi connectivity index (χ0) is 14.4. The minimum absolute atomic E-state index is 0.481. The van der Waals surface area contributed by atoms with E-state index in [1.165, 1.54) is 32.7 Å². The predicted octanol–water partition coefficient (Wildman–Crippen LogP) is 1.28. The lowest BCUT2D eigenvalue weighted by Crippen LogP contribution is -2.49. The van der Waals surface area contributed by atoms with Crippen molar-refractivity contribution in [2.75, 3.05) is 51.8 Å². The first-order valence-electron chi connectivity index (χ1n) is 8.08. The topological polar surface area (TPSA) is 27.7 Å². The number of piperazine rings is 1. The van der Waals surface area contributed by atoms with E-state index in [0.717, 1.165) is 37.8 Å². The van der Waals surface area contributed by atoms with Crippen LogP contribution in [0.2, 0.25) is 0 Å². The van der Waals surface area contributed by atoms with E-state index in [4.69, 9.17) is 4.74 Å². The maximum absolute atomic E-state index is 5.93. The summed E-state index contributed by atoms with van der Waals surface area (Å²) in [6.07, 6.45) is 2.79. The van der Waals surface area contributed by atoms with Crippen LogP contribution in [0.25, 0.3) is 0 Å². The highest BCUT2D eigenvalue weighted by molar-refractivity contribution is 7.80. The van der Waals surface area contributed by atoms with E-state index in [1.54, 1.807) is 0 Å². The summed E-state index contributed by atoms with van der Waals surface area (Å²) in [7, 11) is 0. The van der Waals surface area contributed by atoms with Gasteiger partial charge in [0.2, 0.25) is 0 Å². The SMILES string of the molecule is CC(C)CN1CCN(CCO[C@H]2C[C@H](NCS)C2)CC1. The van der Waals surface area contributed by atoms with Crippen molar-refractivity contribution in [2.24, 2.45) is 5.92 Å². The number of hydrogen-bond donors (Lipinski definition) is 2. The minimum atomic E-state index is 0.481. The fraction of sp³-hybridized carbons (Fsp3) is 1.00. The molecule has 0 amide bonds. The van der Waals surface area contributed by atoms with Gasteiger partial charge in [0.15, 0.2) is 0 Å². The molecule has 5 heteroatoms. The molecule has 1 aliphatic heterocycles. The molecule has 20 heavy (non-hydrogen) atoms. The van der Waals surface area contributed by atoms with Gasteiger partial charge in [0.25, 0.3) is 0 Å². The largest absolute Gasteiger partial charge is 0.377 e. The minimum Gasteiger partial charge on any atom is -0.377 e. The Hall–Kier alpha value is 0.190. The van der Waals surface area contributed by atoms with E-state index in [-0.39, 0.29) is 0 Å². The summed E-state index contributed by atoms with van der Waals surface area (Å²) in [5.74, 6) is 1.56. The third-order valence-corrected chi connectivity index (χ3v) is 4.51. The van der Waals surface area contributed by atoms with Gasteiger partial charge in [0.1, 0.15) is 0 Å². The van der Waals surface area contributed by atoms with Crippen molar-refractivity contribution in [1.29, 1.82) is 0 Å². The molecule has 2 fully saturated rings. The third kappa shape index (κ3) is 5.53. The van der Waals surface area contributed by atoms with Crippen LogP contribution >= 0.6 is 12.6 Å². The van der Waals surface area contributed by atoms with Crippen LogP contribution in [0.4, 0.5) is 0 Å². The number of nitrogens with one attached hydrogen (secondary N) is 1. The van der Waals surface area contributed by atoms with Crippen LogP contribution in [0.5, 0.6) is 0 Å². The number of thiol groups is 1. The molecule has 1 heterocycles. The van der Waals surface area contributed by atoms with E-state index >= 15 is 0 Å². The van der Waals surface area contributed by atoms with E-state index in [2.05, 4.69) is 41.6 Å². The Bertz CT molecular complexity index is 264. The molecule has 1 N–H and O–H groups in total. The van der Waals surface area contributed by atoms with E-state index in [9.17, 15) is 0 Å². The zero-order valence-electron chi connectivity index (χ0n) is 13.1. The van der Waals surface area contributed by atoms with Gasteiger partial charge in [-0.25, -0.2) is 0 Å². The van der Waals surface area contributed by atoms with Gasteiger partial charge < -0.3 is 15.0 Å². The summed E-state index contributed by atoms with van der Waals surface area (Å²) >= 11 is 4.18. The number of rotatable bonds is 8.